The van der Waals surface area contributed by atoms with Gasteiger partial charge in [-0.1, -0.05) is 0 Å². The van der Waals surface area contributed by atoms with Crippen molar-refractivity contribution in [3.8, 4) is 5.75 Å². The van der Waals surface area contributed by atoms with Crippen LogP contribution in [0.3, 0.4) is 0 Å². The minimum atomic E-state index is -4.37. The van der Waals surface area contributed by atoms with Crippen LogP contribution in [0.4, 0.5) is 13.2 Å². The van der Waals surface area contributed by atoms with Crippen molar-refractivity contribution < 1.29 is 31.1 Å². The third kappa shape index (κ3) is 5.13. The van der Waals surface area contributed by atoms with Gasteiger partial charge < -0.3 is 9.64 Å². The summed E-state index contributed by atoms with van der Waals surface area (Å²) in [4.78, 5) is 13.6. The number of likely N-dealkylation sites (tertiary alicyclic amines) is 1. The molecular weight excluding hydrogens is 385 g/mol. The van der Waals surface area contributed by atoms with E-state index in [1.54, 1.807) is 13.8 Å². The van der Waals surface area contributed by atoms with Gasteiger partial charge in [0, 0.05) is 24.7 Å². The third-order valence-corrected chi connectivity index (χ3v) is 5.94. The van der Waals surface area contributed by atoms with Crippen LogP contribution >= 0.6 is 0 Å². The first-order valence-corrected chi connectivity index (χ1v) is 10.0. The summed E-state index contributed by atoms with van der Waals surface area (Å²) in [6.07, 6.45) is -4.14. The van der Waals surface area contributed by atoms with Crippen LogP contribution < -0.4 is 9.46 Å². The number of ether oxygens (including phenoxy) is 1. The second-order valence-electron chi connectivity index (χ2n) is 6.77. The number of piperidine rings is 1. The summed E-state index contributed by atoms with van der Waals surface area (Å²) < 4.78 is 71.4. The van der Waals surface area contributed by atoms with Crippen LogP contribution in [0.1, 0.15) is 37.0 Å². The number of sulfonamides is 1. The van der Waals surface area contributed by atoms with Gasteiger partial charge in [0.25, 0.3) is 5.91 Å². The molecule has 0 spiro atoms. The van der Waals surface area contributed by atoms with Crippen LogP contribution in [0.25, 0.3) is 0 Å². The molecule has 2 rings (SSSR count). The Labute approximate surface area is 156 Å². The topological polar surface area (TPSA) is 75.7 Å². The largest absolute Gasteiger partial charge is 0.495 e. The van der Waals surface area contributed by atoms with Crippen molar-refractivity contribution in [3.05, 3.63) is 23.8 Å². The molecule has 1 unspecified atom stereocenters. The zero-order valence-corrected chi connectivity index (χ0v) is 16.2. The lowest BCUT2D eigenvalue weighted by atomic mass is 9.97. The van der Waals surface area contributed by atoms with Crippen molar-refractivity contribution in [3.63, 3.8) is 0 Å². The number of carbonyl (C=O) groups is 1. The fourth-order valence-corrected chi connectivity index (χ4v) is 4.45. The molecule has 1 aromatic rings. The molecule has 0 aliphatic carbocycles. The second-order valence-corrected chi connectivity index (χ2v) is 8.46. The van der Waals surface area contributed by atoms with Crippen molar-refractivity contribution in [1.82, 2.24) is 9.62 Å². The van der Waals surface area contributed by atoms with Gasteiger partial charge >= 0.3 is 6.18 Å². The van der Waals surface area contributed by atoms with Crippen LogP contribution in [0.2, 0.25) is 0 Å². The molecule has 10 heteroatoms. The molecule has 0 radical (unpaired) electrons. The van der Waals surface area contributed by atoms with Gasteiger partial charge in [-0.2, -0.15) is 13.2 Å². The fourth-order valence-electron chi connectivity index (χ4n) is 3.00. The molecule has 1 heterocycles. The summed E-state index contributed by atoms with van der Waals surface area (Å²) in [5.41, 5.74) is 0.00255. The zero-order valence-electron chi connectivity index (χ0n) is 15.3. The van der Waals surface area contributed by atoms with E-state index in [-0.39, 0.29) is 41.6 Å². The molecule has 1 aliphatic rings. The molecule has 1 saturated heterocycles. The van der Waals surface area contributed by atoms with Crippen molar-refractivity contribution in [2.45, 2.75) is 43.8 Å². The molecule has 152 valence electrons. The van der Waals surface area contributed by atoms with Crippen LogP contribution in [-0.4, -0.2) is 51.6 Å². The van der Waals surface area contributed by atoms with Gasteiger partial charge in [0.1, 0.15) is 10.6 Å². The van der Waals surface area contributed by atoms with E-state index in [2.05, 4.69) is 4.72 Å². The van der Waals surface area contributed by atoms with Gasteiger partial charge in [0.05, 0.1) is 13.0 Å². The maximum atomic E-state index is 13.0. The van der Waals surface area contributed by atoms with E-state index >= 15 is 0 Å². The Kier molecular flexibility index (Phi) is 6.41. The Morgan fingerprint density at radius 1 is 1.33 bits per heavy atom. The van der Waals surface area contributed by atoms with E-state index in [4.69, 9.17) is 4.74 Å². The lowest BCUT2D eigenvalue weighted by Crippen LogP contribution is -2.44. The monoisotopic (exact) mass is 408 g/mol. The number of methoxy groups -OCH3 is 1. The number of alkyl halides is 3. The summed E-state index contributed by atoms with van der Waals surface area (Å²) in [7, 11) is -2.65. The van der Waals surface area contributed by atoms with Crippen LogP contribution in [-0.2, 0) is 10.0 Å². The van der Waals surface area contributed by atoms with E-state index in [9.17, 15) is 26.4 Å². The van der Waals surface area contributed by atoms with Crippen molar-refractivity contribution >= 4 is 15.9 Å². The smallest absolute Gasteiger partial charge is 0.393 e. The van der Waals surface area contributed by atoms with E-state index < -0.39 is 34.6 Å². The van der Waals surface area contributed by atoms with E-state index in [1.165, 1.54) is 19.2 Å². The predicted octanol–water partition coefficient (Wildman–Crippen LogP) is 2.80. The molecule has 0 bridgehead atoms. The molecule has 1 aliphatic heterocycles. The Hall–Kier alpha value is -1.81. The Bertz CT molecular complexity index is 794. The van der Waals surface area contributed by atoms with Gasteiger partial charge in [-0.3, -0.25) is 4.79 Å². The Morgan fingerprint density at radius 2 is 2.00 bits per heavy atom. The molecule has 0 aromatic heterocycles. The minimum absolute atomic E-state index is 0.00255. The molecule has 1 fully saturated rings. The highest BCUT2D eigenvalue weighted by Crippen LogP contribution is 2.34. The first-order chi connectivity index (χ1) is 12.5. The number of carbonyl (C=O) groups excluding carboxylic acids is 1. The average Bonchev–Trinajstić information content (AvgIpc) is 2.59. The molecule has 1 amide bonds. The molecular formula is C17H23F3N2O4S. The van der Waals surface area contributed by atoms with Gasteiger partial charge in [-0.15, -0.1) is 0 Å². The van der Waals surface area contributed by atoms with Crippen LogP contribution in [0.5, 0.6) is 5.75 Å². The second kappa shape index (κ2) is 8.05. The predicted molar refractivity (Wildman–Crippen MR) is 93.1 cm³/mol. The third-order valence-electron chi connectivity index (χ3n) is 4.26. The van der Waals surface area contributed by atoms with Crippen molar-refractivity contribution in [2.75, 3.05) is 20.2 Å². The number of rotatable bonds is 5. The fraction of sp³-hybridized carbons (Fsp3) is 0.588. The zero-order chi connectivity index (χ0) is 20.4. The number of benzene rings is 1. The lowest BCUT2D eigenvalue weighted by molar-refractivity contribution is -0.184. The number of hydrogen-bond acceptors (Lipinski definition) is 4. The quantitative estimate of drug-likeness (QED) is 0.813. The lowest BCUT2D eigenvalue weighted by Gasteiger charge is -2.33. The van der Waals surface area contributed by atoms with E-state index in [0.29, 0.717) is 0 Å². The molecule has 1 N–H and O–H groups in total. The SMILES string of the molecule is COc1ccc(C(=O)N2CCCC(C(F)(F)F)C2)cc1S(=O)(=O)NC(C)C. The van der Waals surface area contributed by atoms with Gasteiger partial charge in [0.15, 0.2) is 0 Å². The van der Waals surface area contributed by atoms with E-state index in [0.717, 1.165) is 11.0 Å². The van der Waals surface area contributed by atoms with Crippen LogP contribution in [0.15, 0.2) is 23.1 Å². The number of halogens is 3. The summed E-state index contributed by atoms with van der Waals surface area (Å²) >= 11 is 0. The summed E-state index contributed by atoms with van der Waals surface area (Å²) in [5, 5.41) is 0. The number of amides is 1. The van der Waals surface area contributed by atoms with Crippen molar-refractivity contribution in [2.24, 2.45) is 5.92 Å². The Morgan fingerprint density at radius 3 is 2.56 bits per heavy atom. The Balaban J connectivity index is 2.33. The normalized spacial score (nSPS) is 18.6. The number of hydrogen-bond donors (Lipinski definition) is 1. The summed E-state index contributed by atoms with van der Waals surface area (Å²) in [6, 6.07) is 3.44. The number of nitrogens with zero attached hydrogens (tertiary/aromatic N) is 1. The molecule has 0 saturated carbocycles. The standard InChI is InChI=1S/C17H23F3N2O4S/c1-11(2)21-27(24,25)15-9-12(6-7-14(15)26-3)16(23)22-8-4-5-13(10-22)17(18,19)20/h6-7,9,11,13,21H,4-5,8,10H2,1-3H3. The van der Waals surface area contributed by atoms with Gasteiger partial charge in [0.2, 0.25) is 10.0 Å². The minimum Gasteiger partial charge on any atom is -0.495 e. The highest BCUT2D eigenvalue weighted by molar-refractivity contribution is 7.89. The summed E-state index contributed by atoms with van der Waals surface area (Å²) in [5.74, 6) is -2.15. The van der Waals surface area contributed by atoms with E-state index in [1.807, 2.05) is 0 Å². The molecule has 6 nitrogen and oxygen atoms in total. The van der Waals surface area contributed by atoms with Crippen LogP contribution in [0, 0.1) is 5.92 Å². The van der Waals surface area contributed by atoms with Gasteiger partial charge in [-0.25, -0.2) is 13.1 Å². The molecule has 1 atom stereocenters. The first kappa shape index (κ1) is 21.5. The molecule has 1 aromatic carbocycles. The number of nitrogens with one attached hydrogen (secondary N) is 1. The maximum Gasteiger partial charge on any atom is 0.393 e. The summed E-state index contributed by atoms with van der Waals surface area (Å²) in [6.45, 7) is 3.05. The maximum absolute atomic E-state index is 13.0. The molecule has 27 heavy (non-hydrogen) atoms. The van der Waals surface area contributed by atoms with Crippen molar-refractivity contribution in [1.29, 1.82) is 0 Å². The highest BCUT2D eigenvalue weighted by Gasteiger charge is 2.42. The first-order valence-electron chi connectivity index (χ1n) is 8.52. The average molecular weight is 408 g/mol. The van der Waals surface area contributed by atoms with Gasteiger partial charge in [-0.05, 0) is 44.9 Å². The highest BCUT2D eigenvalue weighted by atomic mass is 32.2.